The number of anilines is 1. The number of hydrogen-bond acceptors (Lipinski definition) is 3. The molecule has 1 unspecified atom stereocenters. The first-order valence-corrected chi connectivity index (χ1v) is 7.36. The van der Waals surface area contributed by atoms with E-state index in [4.69, 9.17) is 5.73 Å². The Morgan fingerprint density at radius 3 is 2.62 bits per heavy atom. The maximum absolute atomic E-state index is 12.2. The topological polar surface area (TPSA) is 72.9 Å². The quantitative estimate of drug-likeness (QED) is 0.802. The number of aromatic nitrogens is 2. The summed E-state index contributed by atoms with van der Waals surface area (Å²) < 4.78 is 1.68. The first kappa shape index (κ1) is 15.1. The molecule has 2 aromatic rings. The summed E-state index contributed by atoms with van der Waals surface area (Å²) in [5, 5.41) is 7.34. The lowest BCUT2D eigenvalue weighted by Gasteiger charge is -2.14. The molecule has 1 aromatic heterocycles. The summed E-state index contributed by atoms with van der Waals surface area (Å²) in [7, 11) is 0. The molecule has 0 aliphatic carbocycles. The third-order valence-electron chi connectivity index (χ3n) is 3.44. The van der Waals surface area contributed by atoms with Crippen molar-refractivity contribution in [2.24, 2.45) is 0 Å². The third-order valence-corrected chi connectivity index (χ3v) is 3.44. The summed E-state index contributed by atoms with van der Waals surface area (Å²) in [6.45, 7) is 4.19. The second kappa shape index (κ2) is 6.92. The highest BCUT2D eigenvalue weighted by atomic mass is 16.2. The maximum Gasteiger partial charge on any atom is 0.272 e. The molecule has 5 nitrogen and oxygen atoms in total. The minimum absolute atomic E-state index is 0.121. The Labute approximate surface area is 125 Å². The van der Waals surface area contributed by atoms with E-state index < -0.39 is 0 Å². The van der Waals surface area contributed by atoms with Gasteiger partial charge in [0.1, 0.15) is 0 Å². The van der Waals surface area contributed by atoms with Crippen LogP contribution in [0.3, 0.4) is 0 Å². The van der Waals surface area contributed by atoms with Gasteiger partial charge in [0.05, 0.1) is 5.69 Å². The summed E-state index contributed by atoms with van der Waals surface area (Å²) >= 11 is 0. The van der Waals surface area contributed by atoms with E-state index in [1.54, 1.807) is 16.9 Å². The summed E-state index contributed by atoms with van der Waals surface area (Å²) in [5.74, 6) is -0.121. The Morgan fingerprint density at radius 1 is 1.29 bits per heavy atom. The van der Waals surface area contributed by atoms with E-state index in [0.29, 0.717) is 11.4 Å². The van der Waals surface area contributed by atoms with Gasteiger partial charge in [-0.25, -0.2) is 4.68 Å². The molecule has 1 aromatic carbocycles. The minimum Gasteiger partial charge on any atom is -0.399 e. The van der Waals surface area contributed by atoms with E-state index in [1.165, 1.54) is 0 Å². The van der Waals surface area contributed by atoms with Crippen molar-refractivity contribution >= 4 is 11.6 Å². The molecule has 21 heavy (non-hydrogen) atoms. The zero-order chi connectivity index (χ0) is 15.2. The van der Waals surface area contributed by atoms with Crippen LogP contribution in [-0.2, 0) is 0 Å². The first-order valence-electron chi connectivity index (χ1n) is 7.36. The molecule has 0 aliphatic rings. The van der Waals surface area contributed by atoms with Gasteiger partial charge in [-0.15, -0.1) is 0 Å². The molecule has 0 saturated heterocycles. The molecule has 1 atom stereocenters. The monoisotopic (exact) mass is 286 g/mol. The molecule has 0 radical (unpaired) electrons. The first-order chi connectivity index (χ1) is 10.1. The number of carbonyl (C=O) groups excluding carboxylic acids is 1. The number of benzene rings is 1. The van der Waals surface area contributed by atoms with Crippen LogP contribution in [0.4, 0.5) is 5.69 Å². The van der Waals surface area contributed by atoms with Crippen LogP contribution in [0.15, 0.2) is 36.5 Å². The van der Waals surface area contributed by atoms with Crippen LogP contribution in [0.1, 0.15) is 43.6 Å². The molecule has 112 valence electrons. The molecular formula is C16H22N4O. The van der Waals surface area contributed by atoms with Crippen LogP contribution in [0, 0.1) is 0 Å². The second-order valence-electron chi connectivity index (χ2n) is 5.10. The summed E-state index contributed by atoms with van der Waals surface area (Å²) in [6.07, 6.45) is 4.75. The molecule has 1 amide bonds. The van der Waals surface area contributed by atoms with E-state index in [0.717, 1.165) is 24.9 Å². The van der Waals surface area contributed by atoms with Gasteiger partial charge in [-0.3, -0.25) is 4.79 Å². The Balaban J connectivity index is 2.08. The maximum atomic E-state index is 12.2. The number of nitrogens with zero attached hydrogens (tertiary/aromatic N) is 2. The van der Waals surface area contributed by atoms with Gasteiger partial charge in [-0.2, -0.15) is 5.10 Å². The molecule has 0 fully saturated rings. The van der Waals surface area contributed by atoms with Crippen LogP contribution >= 0.6 is 0 Å². The highest BCUT2D eigenvalue weighted by Gasteiger charge is 2.14. The normalized spacial score (nSPS) is 12.1. The van der Waals surface area contributed by atoms with Crippen molar-refractivity contribution in [3.05, 3.63) is 42.2 Å². The Hall–Kier alpha value is -2.30. The number of carbonyl (C=O) groups is 1. The molecule has 2 rings (SSSR count). The zero-order valence-corrected chi connectivity index (χ0v) is 12.5. The lowest BCUT2D eigenvalue weighted by atomic mass is 10.1. The SMILES string of the molecule is CCCC(CC)NC(=O)c1ccn(-c2ccc(N)cc2)n1. The Morgan fingerprint density at radius 2 is 2.00 bits per heavy atom. The Bertz CT molecular complexity index is 589. The number of nitrogens with two attached hydrogens (primary N) is 1. The van der Waals surface area contributed by atoms with Gasteiger partial charge >= 0.3 is 0 Å². The fourth-order valence-electron chi connectivity index (χ4n) is 2.20. The molecule has 0 saturated carbocycles. The van der Waals surface area contributed by atoms with Crippen molar-refractivity contribution in [2.75, 3.05) is 5.73 Å². The standard InChI is InChI=1S/C16H22N4O/c1-3-5-13(4-2)18-16(21)15-10-11-20(19-15)14-8-6-12(17)7-9-14/h6-11,13H,3-5,17H2,1-2H3,(H,18,21). The van der Waals surface area contributed by atoms with Crippen LogP contribution in [0.5, 0.6) is 0 Å². The average Bonchev–Trinajstić information content (AvgIpc) is 2.97. The average molecular weight is 286 g/mol. The Kier molecular flexibility index (Phi) is 4.98. The summed E-state index contributed by atoms with van der Waals surface area (Å²) in [5.41, 5.74) is 7.68. The highest BCUT2D eigenvalue weighted by molar-refractivity contribution is 5.92. The minimum atomic E-state index is -0.121. The molecule has 0 bridgehead atoms. The van der Waals surface area contributed by atoms with Crippen molar-refractivity contribution in [1.82, 2.24) is 15.1 Å². The largest absolute Gasteiger partial charge is 0.399 e. The fraction of sp³-hybridized carbons (Fsp3) is 0.375. The van der Waals surface area contributed by atoms with Gasteiger partial charge in [0.15, 0.2) is 5.69 Å². The number of nitrogen functional groups attached to an aromatic ring is 1. The van der Waals surface area contributed by atoms with E-state index in [9.17, 15) is 4.79 Å². The van der Waals surface area contributed by atoms with Gasteiger partial charge in [-0.1, -0.05) is 20.3 Å². The predicted molar refractivity (Wildman–Crippen MR) is 84.4 cm³/mol. The molecule has 0 aliphatic heterocycles. The summed E-state index contributed by atoms with van der Waals surface area (Å²) in [4.78, 5) is 12.2. The molecule has 1 heterocycles. The van der Waals surface area contributed by atoms with E-state index in [-0.39, 0.29) is 11.9 Å². The van der Waals surface area contributed by atoms with Crippen molar-refractivity contribution in [3.8, 4) is 5.69 Å². The smallest absolute Gasteiger partial charge is 0.272 e. The number of rotatable bonds is 6. The van der Waals surface area contributed by atoms with E-state index in [1.807, 2.05) is 24.3 Å². The molecule has 0 spiro atoms. The van der Waals surface area contributed by atoms with Crippen LogP contribution in [0.25, 0.3) is 5.69 Å². The van der Waals surface area contributed by atoms with Gasteiger partial charge in [0, 0.05) is 17.9 Å². The second-order valence-corrected chi connectivity index (χ2v) is 5.10. The summed E-state index contributed by atoms with van der Waals surface area (Å²) in [6, 6.07) is 9.30. The van der Waals surface area contributed by atoms with Crippen molar-refractivity contribution in [3.63, 3.8) is 0 Å². The van der Waals surface area contributed by atoms with Gasteiger partial charge in [-0.05, 0) is 43.2 Å². The van der Waals surface area contributed by atoms with E-state index >= 15 is 0 Å². The predicted octanol–water partition coefficient (Wildman–Crippen LogP) is 2.76. The number of amides is 1. The highest BCUT2D eigenvalue weighted by Crippen LogP contribution is 2.11. The zero-order valence-electron chi connectivity index (χ0n) is 12.5. The van der Waals surface area contributed by atoms with Gasteiger partial charge in [0.2, 0.25) is 0 Å². The van der Waals surface area contributed by atoms with Gasteiger partial charge < -0.3 is 11.1 Å². The van der Waals surface area contributed by atoms with Crippen LogP contribution < -0.4 is 11.1 Å². The molecule has 5 heteroatoms. The number of hydrogen-bond donors (Lipinski definition) is 2. The fourth-order valence-corrected chi connectivity index (χ4v) is 2.20. The van der Waals surface area contributed by atoms with Crippen LogP contribution in [-0.4, -0.2) is 21.7 Å². The van der Waals surface area contributed by atoms with E-state index in [2.05, 4.69) is 24.3 Å². The van der Waals surface area contributed by atoms with Crippen molar-refractivity contribution < 1.29 is 4.79 Å². The van der Waals surface area contributed by atoms with Crippen LogP contribution in [0.2, 0.25) is 0 Å². The van der Waals surface area contributed by atoms with Crippen molar-refractivity contribution in [2.45, 2.75) is 39.2 Å². The molecular weight excluding hydrogens is 264 g/mol. The molecule has 3 N–H and O–H groups in total. The number of nitrogens with one attached hydrogen (secondary N) is 1. The lowest BCUT2D eigenvalue weighted by Crippen LogP contribution is -2.34. The third kappa shape index (κ3) is 3.84. The van der Waals surface area contributed by atoms with Crippen molar-refractivity contribution in [1.29, 1.82) is 0 Å². The van der Waals surface area contributed by atoms with Gasteiger partial charge in [0.25, 0.3) is 5.91 Å². The lowest BCUT2D eigenvalue weighted by molar-refractivity contribution is 0.0928.